The summed E-state index contributed by atoms with van der Waals surface area (Å²) >= 11 is 0. The van der Waals surface area contributed by atoms with Crippen LogP contribution in [-0.2, 0) is 9.47 Å². The van der Waals surface area contributed by atoms with Crippen molar-refractivity contribution in [2.45, 2.75) is 50.1 Å². The normalized spacial score (nSPS) is 37.2. The van der Waals surface area contributed by atoms with Gasteiger partial charge in [0.1, 0.15) is 6.23 Å². The van der Waals surface area contributed by atoms with Crippen molar-refractivity contribution in [2.75, 3.05) is 19.8 Å². The SMILES string of the molecule is C=CCC[C@@H]1[C@H](OCC)[C@@H]2c3ccncc3[C@H]1N1[C@H](CO)CO[C@@H]21. The molecule has 2 saturated heterocycles. The Kier molecular flexibility index (Phi) is 4.43. The van der Waals surface area contributed by atoms with Gasteiger partial charge in [-0.05, 0) is 37.0 Å². The second kappa shape index (κ2) is 6.56. The van der Waals surface area contributed by atoms with Crippen LogP contribution in [0.4, 0.5) is 0 Å². The first-order valence-corrected chi connectivity index (χ1v) is 8.98. The molecule has 0 spiro atoms. The predicted molar refractivity (Wildman–Crippen MR) is 90.5 cm³/mol. The number of aromatic nitrogens is 1. The van der Waals surface area contributed by atoms with Gasteiger partial charge in [-0.25, -0.2) is 0 Å². The zero-order valence-electron chi connectivity index (χ0n) is 14.2. The highest BCUT2D eigenvalue weighted by atomic mass is 16.5. The van der Waals surface area contributed by atoms with E-state index in [4.69, 9.17) is 9.47 Å². The number of fused-ring (bicyclic) bond motifs is 1. The molecule has 1 aliphatic carbocycles. The van der Waals surface area contributed by atoms with Crippen LogP contribution in [0.25, 0.3) is 0 Å². The number of piperidine rings is 1. The van der Waals surface area contributed by atoms with Crippen LogP contribution in [0, 0.1) is 5.92 Å². The molecule has 4 aliphatic rings. The molecule has 3 aliphatic heterocycles. The highest BCUT2D eigenvalue weighted by molar-refractivity contribution is 5.40. The van der Waals surface area contributed by atoms with Crippen molar-refractivity contribution >= 4 is 0 Å². The van der Waals surface area contributed by atoms with Gasteiger partial charge >= 0.3 is 0 Å². The van der Waals surface area contributed by atoms with Gasteiger partial charge in [0.25, 0.3) is 0 Å². The van der Waals surface area contributed by atoms with Crippen molar-refractivity contribution in [1.29, 1.82) is 0 Å². The van der Waals surface area contributed by atoms with Gasteiger partial charge in [0.2, 0.25) is 0 Å². The van der Waals surface area contributed by atoms with Gasteiger partial charge in [-0.1, -0.05) is 6.08 Å². The molecule has 1 N–H and O–H groups in total. The highest BCUT2D eigenvalue weighted by Crippen LogP contribution is 2.57. The number of rotatable bonds is 6. The van der Waals surface area contributed by atoms with E-state index in [0.717, 1.165) is 12.8 Å². The van der Waals surface area contributed by atoms with E-state index in [2.05, 4.69) is 29.5 Å². The number of hydrogen-bond donors (Lipinski definition) is 1. The van der Waals surface area contributed by atoms with Crippen molar-refractivity contribution in [2.24, 2.45) is 5.92 Å². The molecule has 4 heterocycles. The average Bonchev–Trinajstić information content (AvgIpc) is 3.05. The maximum Gasteiger partial charge on any atom is 0.121 e. The van der Waals surface area contributed by atoms with E-state index in [0.29, 0.717) is 19.1 Å². The Morgan fingerprint density at radius 1 is 1.50 bits per heavy atom. The molecule has 5 rings (SSSR count). The van der Waals surface area contributed by atoms with E-state index >= 15 is 0 Å². The van der Waals surface area contributed by atoms with Crippen LogP contribution < -0.4 is 0 Å². The third-order valence-electron chi connectivity index (χ3n) is 5.82. The molecule has 130 valence electrons. The molecule has 0 saturated carbocycles. The molecule has 6 atom stereocenters. The molecule has 5 heteroatoms. The molecule has 0 unspecified atom stereocenters. The number of hydrogen-bond acceptors (Lipinski definition) is 5. The summed E-state index contributed by atoms with van der Waals surface area (Å²) in [5, 5.41) is 9.83. The molecule has 2 bridgehead atoms. The van der Waals surface area contributed by atoms with Gasteiger partial charge in [-0.2, -0.15) is 0 Å². The monoisotopic (exact) mass is 330 g/mol. The fourth-order valence-corrected chi connectivity index (χ4v) is 4.98. The second-order valence-corrected chi connectivity index (χ2v) is 6.93. The van der Waals surface area contributed by atoms with Crippen molar-refractivity contribution in [3.05, 3.63) is 42.2 Å². The van der Waals surface area contributed by atoms with E-state index in [1.807, 2.05) is 18.5 Å². The zero-order chi connectivity index (χ0) is 16.7. The van der Waals surface area contributed by atoms with Crippen LogP contribution in [-0.4, -0.2) is 53.2 Å². The van der Waals surface area contributed by atoms with Crippen LogP contribution in [0.5, 0.6) is 0 Å². The minimum Gasteiger partial charge on any atom is -0.395 e. The third-order valence-corrected chi connectivity index (χ3v) is 5.82. The van der Waals surface area contributed by atoms with Crippen LogP contribution in [0.15, 0.2) is 31.1 Å². The first-order valence-electron chi connectivity index (χ1n) is 8.98. The number of pyridine rings is 1. The van der Waals surface area contributed by atoms with Crippen molar-refractivity contribution in [1.82, 2.24) is 9.88 Å². The number of aliphatic hydroxyl groups is 1. The summed E-state index contributed by atoms with van der Waals surface area (Å²) in [5.74, 6) is 0.552. The fraction of sp³-hybridized carbons (Fsp3) is 0.632. The summed E-state index contributed by atoms with van der Waals surface area (Å²) in [4.78, 5) is 6.76. The molecule has 2 fully saturated rings. The minimum absolute atomic E-state index is 0.00131. The van der Waals surface area contributed by atoms with Gasteiger partial charge in [-0.3, -0.25) is 9.88 Å². The molecule has 0 aromatic carbocycles. The maximum atomic E-state index is 9.83. The van der Waals surface area contributed by atoms with Crippen LogP contribution in [0.1, 0.15) is 42.9 Å². The largest absolute Gasteiger partial charge is 0.395 e. The summed E-state index contributed by atoms with van der Waals surface area (Å²) < 4.78 is 12.4. The summed E-state index contributed by atoms with van der Waals surface area (Å²) in [5.41, 5.74) is 2.59. The average molecular weight is 330 g/mol. The number of aliphatic hydroxyl groups excluding tert-OH is 1. The highest BCUT2D eigenvalue weighted by Gasteiger charge is 2.59. The topological polar surface area (TPSA) is 54.8 Å². The van der Waals surface area contributed by atoms with E-state index in [1.54, 1.807) is 0 Å². The summed E-state index contributed by atoms with van der Waals surface area (Å²) in [7, 11) is 0. The van der Waals surface area contributed by atoms with Gasteiger partial charge in [0, 0.05) is 31.0 Å². The Morgan fingerprint density at radius 3 is 3.12 bits per heavy atom. The first kappa shape index (κ1) is 16.2. The lowest BCUT2D eigenvalue weighted by atomic mass is 9.65. The standard InChI is InChI=1S/C19H26N2O3/c1-3-5-6-14-17-15-9-20-8-7-13(15)16(18(14)23-4-2)19-21(17)12(10-22)11-24-19/h3,7-9,12,14,16-19,22H,1,4-6,10-11H2,2H3/t12-,14+,16+,17+,18+,19+/m1/s1. The molecule has 1 aromatic rings. The van der Waals surface area contributed by atoms with Gasteiger partial charge < -0.3 is 14.6 Å². The van der Waals surface area contributed by atoms with Crippen LogP contribution in [0.3, 0.4) is 0 Å². The Bertz CT molecular complexity index is 608. The molecule has 5 nitrogen and oxygen atoms in total. The molecule has 0 amide bonds. The Hall–Kier alpha value is -1.27. The molecule has 24 heavy (non-hydrogen) atoms. The minimum atomic E-state index is -0.00131. The van der Waals surface area contributed by atoms with E-state index in [1.165, 1.54) is 11.1 Å². The predicted octanol–water partition coefficient (Wildman–Crippen LogP) is 2.24. The molecule has 0 radical (unpaired) electrons. The van der Waals surface area contributed by atoms with Gasteiger partial charge in [0.05, 0.1) is 31.3 Å². The third kappa shape index (κ3) is 2.26. The smallest absolute Gasteiger partial charge is 0.121 e. The van der Waals surface area contributed by atoms with Crippen LogP contribution in [0.2, 0.25) is 0 Å². The lowest BCUT2D eigenvalue weighted by molar-refractivity contribution is -0.160. The lowest BCUT2D eigenvalue weighted by Gasteiger charge is -2.56. The van der Waals surface area contributed by atoms with E-state index < -0.39 is 0 Å². The lowest BCUT2D eigenvalue weighted by Crippen LogP contribution is -2.60. The Morgan fingerprint density at radius 2 is 2.38 bits per heavy atom. The van der Waals surface area contributed by atoms with E-state index in [9.17, 15) is 5.11 Å². The Labute approximate surface area is 143 Å². The van der Waals surface area contributed by atoms with Gasteiger partial charge in [0.15, 0.2) is 0 Å². The number of allylic oxidation sites excluding steroid dienone is 1. The van der Waals surface area contributed by atoms with Crippen LogP contribution >= 0.6 is 0 Å². The summed E-state index contributed by atoms with van der Waals surface area (Å²) in [6.07, 6.45) is 7.99. The Balaban J connectivity index is 1.81. The molecular weight excluding hydrogens is 304 g/mol. The van der Waals surface area contributed by atoms with Gasteiger partial charge in [-0.15, -0.1) is 6.58 Å². The second-order valence-electron chi connectivity index (χ2n) is 6.93. The summed E-state index contributed by atoms with van der Waals surface area (Å²) in [6, 6.07) is 2.37. The van der Waals surface area contributed by atoms with Crippen molar-refractivity contribution in [3.8, 4) is 0 Å². The number of nitrogens with zero attached hydrogens (tertiary/aromatic N) is 2. The first-order chi connectivity index (χ1) is 11.8. The molecule has 1 aromatic heterocycles. The van der Waals surface area contributed by atoms with E-state index in [-0.39, 0.29) is 36.9 Å². The maximum absolute atomic E-state index is 9.83. The zero-order valence-corrected chi connectivity index (χ0v) is 14.2. The van der Waals surface area contributed by atoms with Crippen molar-refractivity contribution in [3.63, 3.8) is 0 Å². The summed E-state index contributed by atoms with van der Waals surface area (Å²) in [6.45, 7) is 7.37. The molecular formula is C19H26N2O3. The quantitative estimate of drug-likeness (QED) is 0.811. The fourth-order valence-electron chi connectivity index (χ4n) is 4.98. The number of ether oxygens (including phenoxy) is 2. The van der Waals surface area contributed by atoms with Crippen molar-refractivity contribution < 1.29 is 14.6 Å².